The molecule has 1 rings (SSSR count). The highest BCUT2D eigenvalue weighted by molar-refractivity contribution is 5.85. The lowest BCUT2D eigenvalue weighted by Crippen LogP contribution is -2.43. The largest absolute Gasteiger partial charge is 0.480 e. The van der Waals surface area contributed by atoms with Crippen molar-refractivity contribution >= 4 is 11.9 Å². The van der Waals surface area contributed by atoms with Crippen molar-refractivity contribution in [2.24, 2.45) is 5.92 Å². The van der Waals surface area contributed by atoms with Crippen LogP contribution in [0.4, 0.5) is 0 Å². The van der Waals surface area contributed by atoms with Gasteiger partial charge in [-0.3, -0.25) is 4.79 Å². The molecular weight excluding hydrogens is 330 g/mol. The predicted octanol–water partition coefficient (Wildman–Crippen LogP) is 4.37. The van der Waals surface area contributed by atoms with Crippen LogP contribution in [0.3, 0.4) is 0 Å². The number of aliphatic carboxylic acids is 1. The molecule has 1 amide bonds. The van der Waals surface area contributed by atoms with E-state index in [1.165, 1.54) is 62.7 Å². The molecule has 0 radical (unpaired) electrons. The molecule has 26 heavy (non-hydrogen) atoms. The summed E-state index contributed by atoms with van der Waals surface area (Å²) in [4.78, 5) is 25.1. The minimum atomic E-state index is -1.02. The lowest BCUT2D eigenvalue weighted by atomic mass is 9.99. The molecule has 1 heterocycles. The standard InChI is InChI=1S/C21H39NO4/c1-3-4-5-6-7-8-9-10-11-12-13-14-17(2)20(24)22-16-18(23)15-19(22)21(25)26/h17-19,23H,3-16H2,1-2H3,(H,25,26)/t17?,18-,19-/m0/s1. The maximum atomic E-state index is 12.5. The monoisotopic (exact) mass is 369 g/mol. The molecule has 0 bridgehead atoms. The molecule has 2 N–H and O–H groups in total. The van der Waals surface area contributed by atoms with Crippen molar-refractivity contribution in [1.29, 1.82) is 0 Å². The van der Waals surface area contributed by atoms with Crippen molar-refractivity contribution < 1.29 is 19.8 Å². The Balaban J connectivity index is 2.08. The molecule has 0 aliphatic carbocycles. The summed E-state index contributed by atoms with van der Waals surface area (Å²) < 4.78 is 0. The number of aliphatic hydroxyl groups excluding tert-OH is 1. The highest BCUT2D eigenvalue weighted by Gasteiger charge is 2.39. The predicted molar refractivity (Wildman–Crippen MR) is 104 cm³/mol. The Morgan fingerprint density at radius 2 is 1.46 bits per heavy atom. The number of likely N-dealkylation sites (tertiary alicyclic amines) is 1. The average molecular weight is 370 g/mol. The van der Waals surface area contributed by atoms with Crippen molar-refractivity contribution in [2.75, 3.05) is 6.54 Å². The van der Waals surface area contributed by atoms with Crippen molar-refractivity contribution in [3.8, 4) is 0 Å². The van der Waals surface area contributed by atoms with Crippen LogP contribution in [-0.2, 0) is 9.59 Å². The van der Waals surface area contributed by atoms with E-state index < -0.39 is 18.1 Å². The minimum Gasteiger partial charge on any atom is -0.480 e. The molecule has 1 fully saturated rings. The Bertz CT molecular complexity index is 413. The second-order valence-electron chi connectivity index (χ2n) is 7.96. The van der Waals surface area contributed by atoms with Crippen LogP contribution in [0.25, 0.3) is 0 Å². The number of aliphatic hydroxyl groups is 1. The molecule has 0 aromatic carbocycles. The van der Waals surface area contributed by atoms with Gasteiger partial charge in [-0.05, 0) is 6.42 Å². The van der Waals surface area contributed by atoms with Gasteiger partial charge in [-0.15, -0.1) is 0 Å². The Hall–Kier alpha value is -1.10. The van der Waals surface area contributed by atoms with Crippen LogP contribution < -0.4 is 0 Å². The number of nitrogens with zero attached hydrogens (tertiary/aromatic N) is 1. The summed E-state index contributed by atoms with van der Waals surface area (Å²) in [5.74, 6) is -1.31. The van der Waals surface area contributed by atoms with Crippen molar-refractivity contribution in [2.45, 2.75) is 109 Å². The van der Waals surface area contributed by atoms with Crippen LogP contribution >= 0.6 is 0 Å². The highest BCUT2D eigenvalue weighted by atomic mass is 16.4. The van der Waals surface area contributed by atoms with Gasteiger partial charge in [0.25, 0.3) is 0 Å². The zero-order chi connectivity index (χ0) is 19.4. The number of β-amino-alcohol motifs (C(OH)–C–C–N with tert-alkyl or cyclic N) is 1. The molecule has 152 valence electrons. The first-order valence-electron chi connectivity index (χ1n) is 10.7. The summed E-state index contributed by atoms with van der Waals surface area (Å²) in [5, 5.41) is 18.9. The minimum absolute atomic E-state index is 0.124. The van der Waals surface area contributed by atoms with Crippen LogP contribution in [0.15, 0.2) is 0 Å². The van der Waals surface area contributed by atoms with Crippen LogP contribution in [-0.4, -0.2) is 45.7 Å². The molecule has 1 aliphatic heterocycles. The first-order valence-corrected chi connectivity index (χ1v) is 10.7. The van der Waals surface area contributed by atoms with Crippen molar-refractivity contribution in [1.82, 2.24) is 4.90 Å². The van der Waals surface area contributed by atoms with Gasteiger partial charge in [0.1, 0.15) is 6.04 Å². The van der Waals surface area contributed by atoms with Crippen LogP contribution in [0.2, 0.25) is 0 Å². The number of hydrogen-bond donors (Lipinski definition) is 2. The summed E-state index contributed by atoms with van der Waals surface area (Å²) in [5.41, 5.74) is 0. The van der Waals surface area contributed by atoms with Gasteiger partial charge in [0.15, 0.2) is 0 Å². The molecule has 1 unspecified atom stereocenters. The molecule has 0 aromatic heterocycles. The average Bonchev–Trinajstić information content (AvgIpc) is 3.01. The molecule has 1 saturated heterocycles. The van der Waals surface area contributed by atoms with Crippen LogP contribution in [0.1, 0.15) is 97.3 Å². The molecule has 5 heteroatoms. The fourth-order valence-corrected chi connectivity index (χ4v) is 3.81. The number of carboxylic acids is 1. The third kappa shape index (κ3) is 8.52. The van der Waals surface area contributed by atoms with Gasteiger partial charge in [0.05, 0.1) is 6.10 Å². The first-order chi connectivity index (χ1) is 12.5. The normalized spacial score (nSPS) is 21.1. The first kappa shape index (κ1) is 22.9. The summed E-state index contributed by atoms with van der Waals surface area (Å²) >= 11 is 0. The second-order valence-corrected chi connectivity index (χ2v) is 7.96. The molecule has 0 saturated carbocycles. The Labute approximate surface area is 159 Å². The molecular formula is C21H39NO4. The fourth-order valence-electron chi connectivity index (χ4n) is 3.81. The van der Waals surface area contributed by atoms with E-state index in [0.717, 1.165) is 19.3 Å². The zero-order valence-electron chi connectivity index (χ0n) is 16.8. The van der Waals surface area contributed by atoms with Gasteiger partial charge in [-0.25, -0.2) is 4.79 Å². The van der Waals surface area contributed by atoms with Gasteiger partial charge in [-0.1, -0.05) is 84.5 Å². The number of hydrogen-bond acceptors (Lipinski definition) is 3. The number of amides is 1. The number of carbonyl (C=O) groups excluding carboxylic acids is 1. The SMILES string of the molecule is CCCCCCCCCCCCCC(C)C(=O)N1C[C@@H](O)C[C@H]1C(=O)O. The maximum absolute atomic E-state index is 12.5. The van der Waals surface area contributed by atoms with E-state index in [1.54, 1.807) is 0 Å². The summed E-state index contributed by atoms with van der Waals surface area (Å²) in [6, 6.07) is -0.864. The highest BCUT2D eigenvalue weighted by Crippen LogP contribution is 2.23. The summed E-state index contributed by atoms with van der Waals surface area (Å²) in [6.07, 6.45) is 14.3. The molecule has 5 nitrogen and oxygen atoms in total. The van der Waals surface area contributed by atoms with Crippen LogP contribution in [0.5, 0.6) is 0 Å². The number of rotatable bonds is 14. The quantitative estimate of drug-likeness (QED) is 0.446. The van der Waals surface area contributed by atoms with E-state index in [-0.39, 0.29) is 24.8 Å². The fraction of sp³-hybridized carbons (Fsp3) is 0.905. The van der Waals surface area contributed by atoms with Crippen LogP contribution in [0, 0.1) is 5.92 Å². The number of carbonyl (C=O) groups is 2. The molecule has 0 aromatic rings. The maximum Gasteiger partial charge on any atom is 0.326 e. The third-order valence-corrected chi connectivity index (χ3v) is 5.51. The Morgan fingerprint density at radius 3 is 1.96 bits per heavy atom. The van der Waals surface area contributed by atoms with Gasteiger partial charge in [-0.2, -0.15) is 0 Å². The number of carboxylic acid groups (broad SMARTS) is 1. The van der Waals surface area contributed by atoms with Gasteiger partial charge < -0.3 is 15.1 Å². The van der Waals surface area contributed by atoms with E-state index in [4.69, 9.17) is 0 Å². The van der Waals surface area contributed by atoms with E-state index in [2.05, 4.69) is 6.92 Å². The van der Waals surface area contributed by atoms with Gasteiger partial charge in [0, 0.05) is 18.9 Å². The number of unbranched alkanes of at least 4 members (excludes halogenated alkanes) is 10. The lowest BCUT2D eigenvalue weighted by Gasteiger charge is -2.24. The molecule has 1 aliphatic rings. The molecule has 3 atom stereocenters. The third-order valence-electron chi connectivity index (χ3n) is 5.51. The van der Waals surface area contributed by atoms with Gasteiger partial charge in [0.2, 0.25) is 5.91 Å². The summed E-state index contributed by atoms with van der Waals surface area (Å²) in [6.45, 7) is 4.27. The zero-order valence-corrected chi connectivity index (χ0v) is 16.8. The smallest absolute Gasteiger partial charge is 0.326 e. The lowest BCUT2D eigenvalue weighted by molar-refractivity contribution is -0.149. The molecule has 0 spiro atoms. The van der Waals surface area contributed by atoms with E-state index in [9.17, 15) is 19.8 Å². The van der Waals surface area contributed by atoms with E-state index >= 15 is 0 Å². The van der Waals surface area contributed by atoms with Gasteiger partial charge >= 0.3 is 5.97 Å². The van der Waals surface area contributed by atoms with Crippen molar-refractivity contribution in [3.63, 3.8) is 0 Å². The Kier molecular flexibility index (Phi) is 11.6. The van der Waals surface area contributed by atoms with E-state index in [1.807, 2.05) is 6.92 Å². The summed E-state index contributed by atoms with van der Waals surface area (Å²) in [7, 11) is 0. The second kappa shape index (κ2) is 13.1. The topological polar surface area (TPSA) is 77.8 Å². The Morgan fingerprint density at radius 1 is 0.962 bits per heavy atom. The van der Waals surface area contributed by atoms with E-state index in [0.29, 0.717) is 0 Å². The van der Waals surface area contributed by atoms with Crippen molar-refractivity contribution in [3.05, 3.63) is 0 Å².